The third-order valence-electron chi connectivity index (χ3n) is 13.2. The Labute approximate surface area is 400 Å². The summed E-state index contributed by atoms with van der Waals surface area (Å²) in [5.41, 5.74) is 0. The Morgan fingerprint density at radius 3 is 0.922 bits per heavy atom. The molecule has 1 unspecified atom stereocenters. The molecule has 0 spiro atoms. The molecule has 0 aromatic rings. The molecular weight excluding hydrogens is 789 g/mol. The Kier molecular flexibility index (Phi) is 54.3. The fourth-order valence-electron chi connectivity index (χ4n) is 8.88. The van der Waals surface area contributed by atoms with Crippen LogP contribution in [-0.4, -0.2) is 36.4 Å². The van der Waals surface area contributed by atoms with Crippen LogP contribution >= 0.6 is 0 Å². The van der Waals surface area contributed by atoms with Crippen molar-refractivity contribution in [1.82, 2.24) is 0 Å². The zero-order valence-electron chi connectivity index (χ0n) is 43.3. The predicted molar refractivity (Wildman–Crippen MR) is 279 cm³/mol. The lowest BCUT2D eigenvalue weighted by Crippen LogP contribution is -2.28. The van der Waals surface area contributed by atoms with Crippen LogP contribution in [0.5, 0.6) is 0 Å². The van der Waals surface area contributed by atoms with Crippen molar-refractivity contribution in [3.8, 4) is 0 Å². The molecule has 0 aromatic heterocycles. The van der Waals surface area contributed by atoms with Crippen LogP contribution in [0.4, 0.5) is 0 Å². The molecule has 0 aliphatic heterocycles. The van der Waals surface area contributed by atoms with Gasteiger partial charge < -0.3 is 14.6 Å². The fraction of sp³-hybridized carbons (Fsp3) is 0.898. The number of ether oxygens (including phenoxy) is 2. The van der Waals surface area contributed by atoms with Gasteiger partial charge in [0, 0.05) is 12.8 Å². The smallest absolute Gasteiger partial charge is 0.306 e. The summed E-state index contributed by atoms with van der Waals surface area (Å²) in [6.07, 6.45) is 70.2. The van der Waals surface area contributed by atoms with E-state index in [4.69, 9.17) is 9.47 Å². The van der Waals surface area contributed by atoms with Gasteiger partial charge in [0.2, 0.25) is 0 Å². The van der Waals surface area contributed by atoms with E-state index in [2.05, 4.69) is 38.2 Å². The van der Waals surface area contributed by atoms with Crippen molar-refractivity contribution in [1.29, 1.82) is 0 Å². The number of carbonyl (C=O) groups is 2. The number of rotatable bonds is 54. The van der Waals surface area contributed by atoms with Gasteiger partial charge in [-0.05, 0) is 44.9 Å². The molecule has 0 aromatic carbocycles. The van der Waals surface area contributed by atoms with Gasteiger partial charge in [-0.3, -0.25) is 9.59 Å². The van der Waals surface area contributed by atoms with Crippen molar-refractivity contribution in [3.05, 3.63) is 24.3 Å². The van der Waals surface area contributed by atoms with Gasteiger partial charge >= 0.3 is 11.9 Å². The minimum Gasteiger partial charge on any atom is -0.462 e. The molecule has 0 amide bonds. The maximum atomic E-state index is 12.3. The molecule has 0 radical (unpaired) electrons. The topological polar surface area (TPSA) is 72.8 Å². The summed E-state index contributed by atoms with van der Waals surface area (Å²) in [4.78, 5) is 24.5. The lowest BCUT2D eigenvalue weighted by Gasteiger charge is -2.15. The summed E-state index contributed by atoms with van der Waals surface area (Å²) in [6.45, 7) is 4.18. The Bertz CT molecular complexity index is 974. The van der Waals surface area contributed by atoms with E-state index in [9.17, 15) is 14.7 Å². The van der Waals surface area contributed by atoms with E-state index in [1.54, 1.807) is 0 Å². The molecule has 64 heavy (non-hydrogen) atoms. The average molecular weight is 902 g/mol. The molecule has 0 aliphatic carbocycles. The van der Waals surface area contributed by atoms with Gasteiger partial charge in [-0.15, -0.1) is 0 Å². The molecule has 0 saturated carbocycles. The molecule has 0 aliphatic rings. The molecule has 0 saturated heterocycles. The van der Waals surface area contributed by atoms with Crippen LogP contribution in [0.2, 0.25) is 0 Å². The standard InChI is InChI=1S/C59H112O5/c1-3-5-7-9-11-13-15-17-19-21-22-23-24-25-26-27-28-29-30-31-32-33-34-35-36-38-40-42-44-46-48-50-52-54-59(62)64-57(55-60)56-63-58(61)53-51-49-47-45-43-41-39-37-20-18-16-14-12-10-8-6-4-2/h15,17,21-22,57,60H,3-14,16,18-20,23-56H2,1-2H3/b17-15-,22-21-. The first kappa shape index (κ1) is 62.4. The highest BCUT2D eigenvalue weighted by Crippen LogP contribution is 2.18. The van der Waals surface area contributed by atoms with Crippen molar-refractivity contribution >= 4 is 11.9 Å². The molecule has 1 N–H and O–H groups in total. The number of unbranched alkanes of at least 4 members (excludes halogenated alkanes) is 42. The Hall–Kier alpha value is -1.62. The first-order chi connectivity index (χ1) is 31.6. The minimum atomic E-state index is -0.766. The zero-order valence-corrected chi connectivity index (χ0v) is 43.3. The van der Waals surface area contributed by atoms with Crippen LogP contribution in [0.25, 0.3) is 0 Å². The Morgan fingerprint density at radius 1 is 0.359 bits per heavy atom. The van der Waals surface area contributed by atoms with E-state index in [0.717, 1.165) is 38.5 Å². The summed E-state index contributed by atoms with van der Waals surface area (Å²) < 4.78 is 10.7. The van der Waals surface area contributed by atoms with Gasteiger partial charge in [0.1, 0.15) is 6.61 Å². The molecule has 0 heterocycles. The first-order valence-electron chi connectivity index (χ1n) is 28.9. The molecule has 1 atom stereocenters. The van der Waals surface area contributed by atoms with Crippen LogP contribution in [0.3, 0.4) is 0 Å². The maximum absolute atomic E-state index is 12.3. The highest BCUT2D eigenvalue weighted by molar-refractivity contribution is 5.70. The lowest BCUT2D eigenvalue weighted by atomic mass is 10.0. The van der Waals surface area contributed by atoms with Crippen molar-refractivity contribution in [3.63, 3.8) is 0 Å². The highest BCUT2D eigenvalue weighted by Gasteiger charge is 2.16. The van der Waals surface area contributed by atoms with Gasteiger partial charge in [-0.2, -0.15) is 0 Å². The van der Waals surface area contributed by atoms with Gasteiger partial charge in [0.15, 0.2) is 6.10 Å². The number of hydrogen-bond acceptors (Lipinski definition) is 5. The number of aliphatic hydroxyl groups excluding tert-OH is 1. The maximum Gasteiger partial charge on any atom is 0.306 e. The van der Waals surface area contributed by atoms with Crippen molar-refractivity contribution < 1.29 is 24.2 Å². The number of hydrogen-bond donors (Lipinski definition) is 1. The summed E-state index contributed by atoms with van der Waals surface area (Å²) in [7, 11) is 0. The molecule has 0 bridgehead atoms. The Morgan fingerprint density at radius 2 is 0.625 bits per heavy atom. The Balaban J connectivity index is 3.39. The molecule has 5 nitrogen and oxygen atoms in total. The highest BCUT2D eigenvalue weighted by atomic mass is 16.6. The summed E-state index contributed by atoms with van der Waals surface area (Å²) in [5.74, 6) is -0.569. The molecule has 0 rings (SSSR count). The molecule has 0 fully saturated rings. The second-order valence-electron chi connectivity index (χ2n) is 19.7. The summed E-state index contributed by atoms with van der Waals surface area (Å²) in [5, 5.41) is 9.64. The van der Waals surface area contributed by atoms with Crippen LogP contribution in [0.15, 0.2) is 24.3 Å². The third-order valence-corrected chi connectivity index (χ3v) is 13.2. The van der Waals surface area contributed by atoms with E-state index >= 15 is 0 Å². The summed E-state index contributed by atoms with van der Waals surface area (Å²) >= 11 is 0. The molecule has 378 valence electrons. The zero-order chi connectivity index (χ0) is 46.3. The van der Waals surface area contributed by atoms with Gasteiger partial charge in [0.25, 0.3) is 0 Å². The largest absolute Gasteiger partial charge is 0.462 e. The minimum absolute atomic E-state index is 0.0581. The number of carbonyl (C=O) groups excluding carboxylic acids is 2. The molecular formula is C59H112O5. The van der Waals surface area contributed by atoms with Gasteiger partial charge in [-0.25, -0.2) is 0 Å². The number of esters is 2. The second kappa shape index (κ2) is 55.7. The average Bonchev–Trinajstić information content (AvgIpc) is 3.30. The van der Waals surface area contributed by atoms with E-state index in [-0.39, 0.29) is 25.2 Å². The van der Waals surface area contributed by atoms with E-state index in [1.807, 2.05) is 0 Å². The van der Waals surface area contributed by atoms with Gasteiger partial charge in [-0.1, -0.05) is 289 Å². The van der Waals surface area contributed by atoms with Crippen molar-refractivity contribution in [2.75, 3.05) is 13.2 Å². The van der Waals surface area contributed by atoms with Crippen LogP contribution in [-0.2, 0) is 19.1 Å². The summed E-state index contributed by atoms with van der Waals surface area (Å²) in [6, 6.07) is 0. The predicted octanol–water partition coefficient (Wildman–Crippen LogP) is 19.3. The SMILES string of the molecule is CCCCCCC/C=C\C/C=C\CCCCCCCCCCCCCCCCCCCCCCCC(=O)OC(CO)COC(=O)CCCCCCCCCCCCCCCCCCC. The molecule has 5 heteroatoms. The monoisotopic (exact) mass is 901 g/mol. The first-order valence-corrected chi connectivity index (χ1v) is 28.9. The van der Waals surface area contributed by atoms with Crippen LogP contribution < -0.4 is 0 Å². The lowest BCUT2D eigenvalue weighted by molar-refractivity contribution is -0.161. The van der Waals surface area contributed by atoms with Crippen LogP contribution in [0, 0.1) is 0 Å². The number of allylic oxidation sites excluding steroid dienone is 4. The quantitative estimate of drug-likeness (QED) is 0.0374. The van der Waals surface area contributed by atoms with E-state index < -0.39 is 6.10 Å². The van der Waals surface area contributed by atoms with Crippen LogP contribution in [0.1, 0.15) is 322 Å². The number of aliphatic hydroxyl groups is 1. The van der Waals surface area contributed by atoms with Crippen molar-refractivity contribution in [2.45, 2.75) is 328 Å². The third kappa shape index (κ3) is 53.0. The van der Waals surface area contributed by atoms with E-state index in [0.29, 0.717) is 12.8 Å². The van der Waals surface area contributed by atoms with E-state index in [1.165, 1.54) is 257 Å². The second-order valence-corrected chi connectivity index (χ2v) is 19.7. The fourth-order valence-corrected chi connectivity index (χ4v) is 8.88. The normalized spacial score (nSPS) is 12.2. The van der Waals surface area contributed by atoms with Gasteiger partial charge in [0.05, 0.1) is 6.61 Å². The van der Waals surface area contributed by atoms with Crippen molar-refractivity contribution in [2.24, 2.45) is 0 Å².